The van der Waals surface area contributed by atoms with Gasteiger partial charge in [0.15, 0.2) is 5.13 Å². The number of rotatable bonds is 6. The number of likely N-dealkylation sites (tertiary alicyclic amines) is 1. The summed E-state index contributed by atoms with van der Waals surface area (Å²) in [6, 6.07) is 6.31. The third kappa shape index (κ3) is 4.82. The average Bonchev–Trinajstić information content (AvgIpc) is 3.16. The predicted octanol–water partition coefficient (Wildman–Crippen LogP) is 3.40. The minimum atomic E-state index is -0.377. The summed E-state index contributed by atoms with van der Waals surface area (Å²) in [4.78, 5) is 30.9. The van der Waals surface area contributed by atoms with Crippen LogP contribution < -0.4 is 10.6 Å². The lowest BCUT2D eigenvalue weighted by Crippen LogP contribution is -2.45. The SMILES string of the molecule is CCCNC(=O)C1CCCN(C(=O)c2csc(Nc3ccccc3F)n2)C1. The summed E-state index contributed by atoms with van der Waals surface area (Å²) in [6.45, 7) is 3.68. The average molecular weight is 390 g/mol. The normalized spacial score (nSPS) is 16.8. The molecule has 2 aromatic rings. The van der Waals surface area contributed by atoms with Gasteiger partial charge >= 0.3 is 0 Å². The summed E-state index contributed by atoms with van der Waals surface area (Å²) in [5, 5.41) is 7.92. The Kier molecular flexibility index (Phi) is 6.39. The van der Waals surface area contributed by atoms with Crippen LogP contribution in [0, 0.1) is 11.7 Å². The van der Waals surface area contributed by atoms with Gasteiger partial charge in [-0.05, 0) is 31.4 Å². The molecule has 0 spiro atoms. The third-order valence-corrected chi connectivity index (χ3v) is 5.23. The van der Waals surface area contributed by atoms with Crippen LogP contribution in [0.25, 0.3) is 0 Å². The number of benzene rings is 1. The van der Waals surface area contributed by atoms with Crippen molar-refractivity contribution in [3.63, 3.8) is 0 Å². The first-order valence-corrected chi connectivity index (χ1v) is 10.0. The molecular formula is C19H23FN4O2S. The molecule has 0 saturated carbocycles. The van der Waals surface area contributed by atoms with E-state index < -0.39 is 0 Å². The molecule has 6 nitrogen and oxygen atoms in total. The van der Waals surface area contributed by atoms with Gasteiger partial charge in [0.25, 0.3) is 5.91 Å². The monoisotopic (exact) mass is 390 g/mol. The molecule has 1 unspecified atom stereocenters. The van der Waals surface area contributed by atoms with Crippen LogP contribution in [0.1, 0.15) is 36.7 Å². The number of thiazole rings is 1. The van der Waals surface area contributed by atoms with Gasteiger partial charge in [-0.25, -0.2) is 9.37 Å². The number of hydrogen-bond donors (Lipinski definition) is 2. The Balaban J connectivity index is 1.63. The molecule has 144 valence electrons. The van der Waals surface area contributed by atoms with E-state index in [0.29, 0.717) is 36.1 Å². The third-order valence-electron chi connectivity index (χ3n) is 4.47. The van der Waals surface area contributed by atoms with E-state index in [4.69, 9.17) is 0 Å². The first-order valence-electron chi connectivity index (χ1n) is 9.12. The maximum absolute atomic E-state index is 13.7. The van der Waals surface area contributed by atoms with Crippen molar-refractivity contribution in [3.05, 3.63) is 41.2 Å². The molecule has 2 heterocycles. The van der Waals surface area contributed by atoms with E-state index in [0.717, 1.165) is 19.3 Å². The van der Waals surface area contributed by atoms with Crippen molar-refractivity contribution in [2.24, 2.45) is 5.92 Å². The van der Waals surface area contributed by atoms with E-state index in [1.54, 1.807) is 28.5 Å². The van der Waals surface area contributed by atoms with Crippen LogP contribution in [0.4, 0.5) is 15.2 Å². The Morgan fingerprint density at radius 2 is 2.19 bits per heavy atom. The summed E-state index contributed by atoms with van der Waals surface area (Å²) in [7, 11) is 0. The van der Waals surface area contributed by atoms with Gasteiger partial charge in [-0.1, -0.05) is 19.1 Å². The van der Waals surface area contributed by atoms with Gasteiger partial charge in [0.05, 0.1) is 11.6 Å². The predicted molar refractivity (Wildman–Crippen MR) is 104 cm³/mol. The second-order valence-corrected chi connectivity index (χ2v) is 7.38. The second kappa shape index (κ2) is 8.94. The van der Waals surface area contributed by atoms with E-state index in [2.05, 4.69) is 15.6 Å². The minimum Gasteiger partial charge on any atom is -0.356 e. The Morgan fingerprint density at radius 1 is 1.37 bits per heavy atom. The Hall–Kier alpha value is -2.48. The molecule has 8 heteroatoms. The van der Waals surface area contributed by atoms with E-state index in [1.807, 2.05) is 6.92 Å². The van der Waals surface area contributed by atoms with Gasteiger partial charge in [-0.3, -0.25) is 9.59 Å². The molecule has 1 fully saturated rings. The van der Waals surface area contributed by atoms with Crippen LogP contribution in [0.2, 0.25) is 0 Å². The molecule has 1 aromatic heterocycles. The molecule has 1 aliphatic rings. The molecule has 2 N–H and O–H groups in total. The van der Waals surface area contributed by atoms with Gasteiger partial charge in [-0.15, -0.1) is 11.3 Å². The van der Waals surface area contributed by atoms with Gasteiger partial charge in [0, 0.05) is 25.0 Å². The number of anilines is 2. The topological polar surface area (TPSA) is 74.3 Å². The molecule has 0 radical (unpaired) electrons. The Morgan fingerprint density at radius 3 is 2.96 bits per heavy atom. The van der Waals surface area contributed by atoms with E-state index >= 15 is 0 Å². The van der Waals surface area contributed by atoms with Crippen LogP contribution >= 0.6 is 11.3 Å². The van der Waals surface area contributed by atoms with Gasteiger partial charge in [0.1, 0.15) is 11.5 Å². The van der Waals surface area contributed by atoms with Gasteiger partial charge < -0.3 is 15.5 Å². The van der Waals surface area contributed by atoms with Crippen molar-refractivity contribution in [3.8, 4) is 0 Å². The maximum Gasteiger partial charge on any atom is 0.273 e. The van der Waals surface area contributed by atoms with Crippen molar-refractivity contribution in [2.45, 2.75) is 26.2 Å². The van der Waals surface area contributed by atoms with Crippen LogP contribution in [0.15, 0.2) is 29.6 Å². The number of halogens is 1. The molecule has 1 aliphatic heterocycles. The highest BCUT2D eigenvalue weighted by atomic mass is 32.1. The fourth-order valence-corrected chi connectivity index (χ4v) is 3.73. The highest BCUT2D eigenvalue weighted by molar-refractivity contribution is 7.14. The molecule has 27 heavy (non-hydrogen) atoms. The molecule has 3 rings (SSSR count). The van der Waals surface area contributed by atoms with Crippen molar-refractivity contribution >= 4 is 34.0 Å². The number of carbonyl (C=O) groups is 2. The summed E-state index contributed by atoms with van der Waals surface area (Å²) in [6.07, 6.45) is 2.47. The van der Waals surface area contributed by atoms with Crippen molar-refractivity contribution in [1.82, 2.24) is 15.2 Å². The number of hydrogen-bond acceptors (Lipinski definition) is 5. The number of para-hydroxylation sites is 1. The summed E-state index contributed by atoms with van der Waals surface area (Å²) >= 11 is 1.25. The molecule has 0 aliphatic carbocycles. The zero-order valence-corrected chi connectivity index (χ0v) is 16.0. The summed E-state index contributed by atoms with van der Waals surface area (Å²) < 4.78 is 13.7. The second-order valence-electron chi connectivity index (χ2n) is 6.52. The smallest absolute Gasteiger partial charge is 0.273 e. The quantitative estimate of drug-likeness (QED) is 0.793. The maximum atomic E-state index is 13.7. The van der Waals surface area contributed by atoms with Crippen LogP contribution in [-0.2, 0) is 4.79 Å². The molecule has 1 aromatic carbocycles. The van der Waals surface area contributed by atoms with E-state index in [9.17, 15) is 14.0 Å². The number of nitrogens with one attached hydrogen (secondary N) is 2. The summed E-state index contributed by atoms with van der Waals surface area (Å²) in [5.74, 6) is -0.739. The van der Waals surface area contributed by atoms with Crippen molar-refractivity contribution in [2.75, 3.05) is 25.0 Å². The molecule has 1 atom stereocenters. The number of aromatic nitrogens is 1. The summed E-state index contributed by atoms with van der Waals surface area (Å²) in [5.41, 5.74) is 0.630. The fraction of sp³-hybridized carbons (Fsp3) is 0.421. The molecule has 2 amide bonds. The fourth-order valence-electron chi connectivity index (χ4n) is 3.04. The molecule has 1 saturated heterocycles. The Labute approximate surface area is 161 Å². The van der Waals surface area contributed by atoms with Crippen LogP contribution in [0.5, 0.6) is 0 Å². The highest BCUT2D eigenvalue weighted by Gasteiger charge is 2.29. The van der Waals surface area contributed by atoms with Crippen LogP contribution in [0.3, 0.4) is 0 Å². The highest BCUT2D eigenvalue weighted by Crippen LogP contribution is 2.25. The lowest BCUT2D eigenvalue weighted by molar-refractivity contribution is -0.126. The van der Waals surface area contributed by atoms with Gasteiger partial charge in [-0.2, -0.15) is 0 Å². The largest absolute Gasteiger partial charge is 0.356 e. The molecule has 0 bridgehead atoms. The lowest BCUT2D eigenvalue weighted by Gasteiger charge is -2.31. The van der Waals surface area contributed by atoms with E-state index in [-0.39, 0.29) is 23.5 Å². The van der Waals surface area contributed by atoms with Crippen molar-refractivity contribution < 1.29 is 14.0 Å². The number of carbonyl (C=O) groups excluding carboxylic acids is 2. The zero-order chi connectivity index (χ0) is 19.2. The molecular weight excluding hydrogens is 367 g/mol. The Bertz CT molecular complexity index is 811. The number of piperidine rings is 1. The first-order chi connectivity index (χ1) is 13.1. The number of amides is 2. The standard InChI is InChI=1S/C19H23FN4O2S/c1-2-9-21-17(25)13-6-5-10-24(11-13)18(26)16-12-27-19(23-16)22-15-8-4-3-7-14(15)20/h3-4,7-8,12-13H,2,5-6,9-11H2,1H3,(H,21,25)(H,22,23). The van der Waals surface area contributed by atoms with Crippen molar-refractivity contribution in [1.29, 1.82) is 0 Å². The minimum absolute atomic E-state index is 0.00883. The first kappa shape index (κ1) is 19.3. The van der Waals surface area contributed by atoms with Gasteiger partial charge in [0.2, 0.25) is 5.91 Å². The zero-order valence-electron chi connectivity index (χ0n) is 15.2. The van der Waals surface area contributed by atoms with E-state index in [1.165, 1.54) is 17.4 Å². The number of nitrogens with zero attached hydrogens (tertiary/aromatic N) is 2. The van der Waals surface area contributed by atoms with Crippen LogP contribution in [-0.4, -0.2) is 41.3 Å². The lowest BCUT2D eigenvalue weighted by atomic mass is 9.97.